The Balaban J connectivity index is 1.54. The van der Waals surface area contributed by atoms with Gasteiger partial charge in [-0.3, -0.25) is 4.79 Å². The predicted octanol–water partition coefficient (Wildman–Crippen LogP) is 7.12. The maximum atomic E-state index is 12.5. The molecule has 4 aromatic rings. The molecule has 0 aliphatic heterocycles. The van der Waals surface area contributed by atoms with E-state index in [1.165, 1.54) is 11.8 Å². The highest BCUT2D eigenvalue weighted by molar-refractivity contribution is 7.99. The average molecular weight is 494 g/mol. The minimum Gasteiger partial charge on any atom is -0.494 e. The van der Waals surface area contributed by atoms with Gasteiger partial charge < -0.3 is 10.1 Å². The topological polar surface area (TPSA) is 75.0 Å². The first kappa shape index (κ1) is 25.0. The van der Waals surface area contributed by atoms with Gasteiger partial charge in [0.15, 0.2) is 0 Å². The lowest BCUT2D eigenvalue weighted by Crippen LogP contribution is -2.12. The number of rotatable bonds is 9. The molecule has 6 heteroatoms. The monoisotopic (exact) mass is 493 g/mol. The van der Waals surface area contributed by atoms with Crippen molar-refractivity contribution in [2.24, 2.45) is 0 Å². The second-order valence-electron chi connectivity index (χ2n) is 8.18. The third kappa shape index (κ3) is 6.32. The second kappa shape index (κ2) is 12.1. The van der Waals surface area contributed by atoms with Gasteiger partial charge in [0.1, 0.15) is 16.8 Å². The lowest BCUT2D eigenvalue weighted by Gasteiger charge is -2.13. The van der Waals surface area contributed by atoms with Crippen LogP contribution in [0.3, 0.4) is 0 Å². The van der Waals surface area contributed by atoms with E-state index < -0.39 is 0 Å². The van der Waals surface area contributed by atoms with Gasteiger partial charge in [-0.15, -0.1) is 11.8 Å². The Bertz CT molecular complexity index is 1360. The zero-order valence-corrected chi connectivity index (χ0v) is 21.1. The van der Waals surface area contributed by atoms with Gasteiger partial charge >= 0.3 is 0 Å². The van der Waals surface area contributed by atoms with Crippen LogP contribution in [0.4, 0.5) is 5.69 Å². The van der Waals surface area contributed by atoms with E-state index in [1.807, 2.05) is 98.8 Å². The zero-order valence-electron chi connectivity index (χ0n) is 20.3. The van der Waals surface area contributed by atoms with Crippen molar-refractivity contribution in [3.63, 3.8) is 0 Å². The second-order valence-corrected chi connectivity index (χ2v) is 9.27. The first-order chi connectivity index (χ1) is 17.6. The Labute approximate surface area is 216 Å². The van der Waals surface area contributed by atoms with Crippen LogP contribution in [-0.4, -0.2) is 23.3 Å². The molecule has 0 saturated heterocycles. The summed E-state index contributed by atoms with van der Waals surface area (Å²) in [4.78, 5) is 17.4. The Morgan fingerprint density at radius 3 is 2.39 bits per heavy atom. The molecule has 5 nitrogen and oxygen atoms in total. The third-order valence-electron chi connectivity index (χ3n) is 5.55. The van der Waals surface area contributed by atoms with Crippen molar-refractivity contribution < 1.29 is 9.53 Å². The molecule has 0 fully saturated rings. The smallest absolute Gasteiger partial charge is 0.225 e. The fourth-order valence-corrected chi connectivity index (χ4v) is 4.66. The molecule has 0 aliphatic rings. The Hall–Kier alpha value is -4.08. The molecule has 0 saturated carbocycles. The van der Waals surface area contributed by atoms with Crippen molar-refractivity contribution in [1.82, 2.24) is 4.98 Å². The molecule has 0 spiro atoms. The maximum Gasteiger partial charge on any atom is 0.225 e. The van der Waals surface area contributed by atoms with Gasteiger partial charge in [0.2, 0.25) is 5.91 Å². The van der Waals surface area contributed by atoms with Gasteiger partial charge in [-0.05, 0) is 49.7 Å². The van der Waals surface area contributed by atoms with Gasteiger partial charge in [-0.2, -0.15) is 5.26 Å². The number of carbonyl (C=O) groups excluding carboxylic acids is 1. The molecule has 1 aromatic heterocycles. The zero-order chi connectivity index (χ0) is 25.3. The maximum absolute atomic E-state index is 12.5. The molecule has 0 atom stereocenters. The number of thioether (sulfide) groups is 1. The van der Waals surface area contributed by atoms with Crippen LogP contribution < -0.4 is 10.1 Å². The summed E-state index contributed by atoms with van der Waals surface area (Å²) in [5.74, 6) is 1.17. The molecule has 0 unspecified atom stereocenters. The van der Waals surface area contributed by atoms with Crippen molar-refractivity contribution in [2.45, 2.75) is 25.3 Å². The van der Waals surface area contributed by atoms with Crippen molar-refractivity contribution >= 4 is 23.4 Å². The van der Waals surface area contributed by atoms with Crippen molar-refractivity contribution in [1.29, 1.82) is 5.26 Å². The predicted molar refractivity (Wildman–Crippen MR) is 146 cm³/mol. The van der Waals surface area contributed by atoms with Gasteiger partial charge in [0.25, 0.3) is 0 Å². The highest BCUT2D eigenvalue weighted by Crippen LogP contribution is 2.34. The number of pyridine rings is 1. The molecule has 4 rings (SSSR count). The van der Waals surface area contributed by atoms with E-state index in [-0.39, 0.29) is 5.91 Å². The van der Waals surface area contributed by atoms with Crippen molar-refractivity contribution in [3.05, 3.63) is 96.1 Å². The van der Waals surface area contributed by atoms with Crippen molar-refractivity contribution in [2.75, 3.05) is 17.7 Å². The third-order valence-corrected chi connectivity index (χ3v) is 6.52. The Morgan fingerprint density at radius 2 is 1.72 bits per heavy atom. The standard InChI is InChI=1S/C30H27N3O2S/c1-3-35-25-15-13-24(14-16-25)32-29(34)17-18-36-30-27(20-31)26(22-11-9-21(2)10-12-22)19-28(33-30)23-7-5-4-6-8-23/h4-16,19H,3,17-18H2,1-2H3,(H,32,34). The number of nitriles is 1. The van der Waals surface area contributed by atoms with Gasteiger partial charge in [-0.1, -0.05) is 60.2 Å². The molecule has 3 aromatic carbocycles. The largest absolute Gasteiger partial charge is 0.494 e. The summed E-state index contributed by atoms with van der Waals surface area (Å²) >= 11 is 1.43. The van der Waals surface area contributed by atoms with E-state index in [4.69, 9.17) is 9.72 Å². The summed E-state index contributed by atoms with van der Waals surface area (Å²) in [5.41, 5.74) is 5.98. The lowest BCUT2D eigenvalue weighted by molar-refractivity contribution is -0.115. The summed E-state index contributed by atoms with van der Waals surface area (Å²) in [6.07, 6.45) is 0.292. The van der Waals surface area contributed by atoms with Crippen LogP contribution in [0.1, 0.15) is 24.5 Å². The van der Waals surface area contributed by atoms with Gasteiger partial charge in [0.05, 0.1) is 17.9 Å². The molecule has 0 aliphatic carbocycles. The minimum atomic E-state index is -0.0943. The van der Waals surface area contributed by atoms with Crippen LogP contribution in [-0.2, 0) is 4.79 Å². The van der Waals surface area contributed by atoms with E-state index in [1.54, 1.807) is 0 Å². The minimum absolute atomic E-state index is 0.0943. The summed E-state index contributed by atoms with van der Waals surface area (Å²) < 4.78 is 5.44. The van der Waals surface area contributed by atoms with Crippen LogP contribution >= 0.6 is 11.8 Å². The van der Waals surface area contributed by atoms with Crippen LogP contribution in [0.15, 0.2) is 90.0 Å². The number of aromatic nitrogens is 1. The van der Waals surface area contributed by atoms with Gasteiger partial charge in [0, 0.05) is 29.0 Å². The number of amides is 1. The molecular formula is C30H27N3O2S. The summed E-state index contributed by atoms with van der Waals surface area (Å²) in [5, 5.41) is 13.6. The highest BCUT2D eigenvalue weighted by Gasteiger charge is 2.16. The van der Waals surface area contributed by atoms with Crippen LogP contribution in [0.25, 0.3) is 22.4 Å². The lowest BCUT2D eigenvalue weighted by atomic mass is 9.98. The average Bonchev–Trinajstić information content (AvgIpc) is 2.90. The molecule has 180 valence electrons. The normalized spacial score (nSPS) is 10.5. The molecule has 1 heterocycles. The Kier molecular flexibility index (Phi) is 8.38. The van der Waals surface area contributed by atoms with E-state index in [2.05, 4.69) is 11.4 Å². The fourth-order valence-electron chi connectivity index (χ4n) is 3.72. The van der Waals surface area contributed by atoms with Gasteiger partial charge in [-0.25, -0.2) is 4.98 Å². The number of hydrogen-bond acceptors (Lipinski definition) is 5. The number of ether oxygens (including phenoxy) is 1. The van der Waals surface area contributed by atoms with Crippen LogP contribution in [0, 0.1) is 18.3 Å². The number of benzene rings is 3. The summed E-state index contributed by atoms with van der Waals surface area (Å²) in [7, 11) is 0. The number of aryl methyl sites for hydroxylation is 1. The van der Waals surface area contributed by atoms with Crippen LogP contribution in [0.5, 0.6) is 5.75 Å². The van der Waals surface area contributed by atoms with E-state index in [0.29, 0.717) is 29.4 Å². The number of anilines is 1. The van der Waals surface area contributed by atoms with Crippen molar-refractivity contribution in [3.8, 4) is 34.2 Å². The molecular weight excluding hydrogens is 466 g/mol. The summed E-state index contributed by atoms with van der Waals surface area (Å²) in [6, 6.07) is 29.7. The number of nitrogens with one attached hydrogen (secondary N) is 1. The molecule has 1 N–H and O–H groups in total. The summed E-state index contributed by atoms with van der Waals surface area (Å²) in [6.45, 7) is 4.56. The molecule has 36 heavy (non-hydrogen) atoms. The number of nitrogens with zero attached hydrogens (tertiary/aromatic N) is 2. The van der Waals surface area contributed by atoms with E-state index >= 15 is 0 Å². The van der Waals surface area contributed by atoms with E-state index in [0.717, 1.165) is 39.4 Å². The molecule has 0 radical (unpaired) electrons. The number of carbonyl (C=O) groups is 1. The van der Waals surface area contributed by atoms with Crippen LogP contribution in [0.2, 0.25) is 0 Å². The first-order valence-corrected chi connectivity index (χ1v) is 12.8. The first-order valence-electron chi connectivity index (χ1n) is 11.8. The SMILES string of the molecule is CCOc1ccc(NC(=O)CCSc2nc(-c3ccccc3)cc(-c3ccc(C)cc3)c2C#N)cc1. The number of hydrogen-bond donors (Lipinski definition) is 1. The fraction of sp³-hybridized carbons (Fsp3) is 0.167. The highest BCUT2D eigenvalue weighted by atomic mass is 32.2. The quantitative estimate of drug-likeness (QED) is 0.251. The van der Waals surface area contributed by atoms with E-state index in [9.17, 15) is 10.1 Å². The molecule has 1 amide bonds. The Morgan fingerprint density at radius 1 is 1.00 bits per heavy atom. The molecule has 0 bridgehead atoms.